The van der Waals surface area contributed by atoms with E-state index in [1.165, 1.54) is 36.1 Å². The first-order valence-corrected chi connectivity index (χ1v) is 9.17. The van der Waals surface area contributed by atoms with Gasteiger partial charge in [-0.2, -0.15) is 4.84 Å². The zero-order valence-corrected chi connectivity index (χ0v) is 15.3. The Morgan fingerprint density at radius 1 is 0.833 bits per heavy atom. The van der Waals surface area contributed by atoms with Crippen molar-refractivity contribution in [2.75, 3.05) is 13.1 Å². The first-order valence-electron chi connectivity index (χ1n) is 9.17. The average Bonchev–Trinajstić information content (AvgIpc) is 2.61. The van der Waals surface area contributed by atoms with Crippen LogP contribution in [0.3, 0.4) is 0 Å². The van der Waals surface area contributed by atoms with E-state index in [2.05, 4.69) is 75.4 Å². The van der Waals surface area contributed by atoms with Crippen molar-refractivity contribution >= 4 is 5.69 Å². The number of hydrogen-bond donors (Lipinski definition) is 0. The number of hydroxylamine groups is 2. The van der Waals surface area contributed by atoms with Crippen molar-refractivity contribution < 1.29 is 4.84 Å². The topological polar surface area (TPSA) is 9.23 Å². The van der Waals surface area contributed by atoms with Crippen LogP contribution in [0.15, 0.2) is 54.6 Å². The van der Waals surface area contributed by atoms with E-state index >= 15 is 0 Å². The van der Waals surface area contributed by atoms with E-state index in [-0.39, 0.29) is 5.41 Å². The highest BCUT2D eigenvalue weighted by Crippen LogP contribution is 2.38. The predicted octanol–water partition coefficient (Wildman–Crippen LogP) is 5.61. The van der Waals surface area contributed by atoms with Crippen LogP contribution in [0.2, 0.25) is 0 Å². The second kappa shape index (κ2) is 7.08. The highest BCUT2D eigenvalue weighted by molar-refractivity contribution is 5.52. The van der Waals surface area contributed by atoms with Crippen LogP contribution in [-0.4, -0.2) is 13.1 Å². The molecule has 2 aromatic carbocycles. The van der Waals surface area contributed by atoms with Crippen molar-refractivity contribution in [2.45, 2.75) is 52.1 Å². The lowest BCUT2D eigenvalue weighted by Crippen LogP contribution is -2.53. The summed E-state index contributed by atoms with van der Waals surface area (Å²) in [6, 6.07) is 19.4. The summed E-state index contributed by atoms with van der Waals surface area (Å²) in [4.78, 5) is 6.62. The summed E-state index contributed by atoms with van der Waals surface area (Å²) >= 11 is 0. The first-order chi connectivity index (χ1) is 11.5. The lowest BCUT2D eigenvalue weighted by molar-refractivity contribution is -0.168. The highest BCUT2D eigenvalue weighted by atomic mass is 16.7. The molecule has 0 aliphatic carbocycles. The van der Waals surface area contributed by atoms with Gasteiger partial charge in [0, 0.05) is 24.5 Å². The summed E-state index contributed by atoms with van der Waals surface area (Å²) in [5, 5.41) is 0. The molecule has 1 fully saturated rings. The van der Waals surface area contributed by atoms with Crippen molar-refractivity contribution in [1.82, 2.24) is 4.65 Å². The molecule has 0 atom stereocenters. The Hall–Kier alpha value is -1.64. The first kappa shape index (κ1) is 17.2. The number of hydrogen-bond acceptors (Lipinski definition) is 1. The summed E-state index contributed by atoms with van der Waals surface area (Å²) in [6.45, 7) is 9.69. The number of nitrogens with zero attached hydrogens (tertiary/aromatic N) is 1. The molecule has 1 aliphatic heterocycles. The minimum absolute atomic E-state index is 0.120. The van der Waals surface area contributed by atoms with Gasteiger partial charge in [-0.3, -0.25) is 0 Å². The summed E-state index contributed by atoms with van der Waals surface area (Å²) in [5.41, 5.74) is 4.12. The fourth-order valence-corrected chi connectivity index (χ4v) is 3.70. The van der Waals surface area contributed by atoms with Crippen LogP contribution >= 0.6 is 0 Å². The highest BCUT2D eigenvalue weighted by Gasteiger charge is 2.39. The molecule has 0 bridgehead atoms. The normalized spacial score (nSPS) is 17.6. The lowest BCUT2D eigenvalue weighted by Gasteiger charge is -2.40. The fourth-order valence-electron chi connectivity index (χ4n) is 3.70. The van der Waals surface area contributed by atoms with E-state index in [1.807, 2.05) is 0 Å². The average molecular weight is 324 g/mol. The molecule has 1 heterocycles. The Morgan fingerprint density at radius 2 is 1.46 bits per heavy atom. The summed E-state index contributed by atoms with van der Waals surface area (Å²) in [6.07, 6.45) is 3.77. The molecule has 3 rings (SSSR count). The van der Waals surface area contributed by atoms with E-state index in [1.54, 1.807) is 0 Å². The number of piperidine rings is 1. The summed E-state index contributed by atoms with van der Waals surface area (Å²) in [7, 11) is 0. The molecular formula is C22H30NO+. The van der Waals surface area contributed by atoms with Gasteiger partial charge in [0.15, 0.2) is 5.69 Å². The molecule has 1 saturated heterocycles. The van der Waals surface area contributed by atoms with Crippen LogP contribution in [0.5, 0.6) is 0 Å². The van der Waals surface area contributed by atoms with E-state index in [0.29, 0.717) is 11.3 Å². The Labute approximate surface area is 146 Å². The number of quaternary nitrogens is 1. The maximum absolute atomic E-state index is 6.62. The number of benzene rings is 2. The maximum atomic E-state index is 6.62. The second-order valence-electron chi connectivity index (χ2n) is 7.92. The van der Waals surface area contributed by atoms with Crippen LogP contribution < -0.4 is 4.65 Å². The minimum Gasteiger partial charge on any atom is -0.193 e. The standard InChI is InChI=1S/C22H30NO/c1-22(2,3)20-14-8-9-15-21(20)23(16-10-5-11-17-23)24-18-19-12-6-4-7-13-19/h4,6-9,12-15H,5,10-11,16-18H2,1-3H3/q+1. The van der Waals surface area contributed by atoms with Crippen molar-refractivity contribution in [3.8, 4) is 0 Å². The van der Waals surface area contributed by atoms with Gasteiger partial charge in [-0.15, -0.1) is 4.65 Å². The maximum Gasteiger partial charge on any atom is 0.169 e. The number of rotatable bonds is 4. The van der Waals surface area contributed by atoms with Crippen LogP contribution in [0.25, 0.3) is 0 Å². The smallest absolute Gasteiger partial charge is 0.169 e. The molecule has 24 heavy (non-hydrogen) atoms. The molecular weight excluding hydrogens is 294 g/mol. The predicted molar refractivity (Wildman–Crippen MR) is 102 cm³/mol. The quantitative estimate of drug-likeness (QED) is 0.664. The molecule has 0 N–H and O–H groups in total. The zero-order valence-electron chi connectivity index (χ0n) is 15.3. The summed E-state index contributed by atoms with van der Waals surface area (Å²) in [5.74, 6) is 0. The molecule has 2 nitrogen and oxygen atoms in total. The molecule has 2 aromatic rings. The van der Waals surface area contributed by atoms with Crippen LogP contribution in [0.4, 0.5) is 5.69 Å². The third-order valence-corrected chi connectivity index (χ3v) is 5.01. The van der Waals surface area contributed by atoms with E-state index < -0.39 is 0 Å². The van der Waals surface area contributed by atoms with Gasteiger partial charge in [0.1, 0.15) is 19.7 Å². The Kier molecular flexibility index (Phi) is 5.07. The van der Waals surface area contributed by atoms with E-state index in [4.69, 9.17) is 4.84 Å². The molecule has 0 spiro atoms. The molecule has 0 aromatic heterocycles. The van der Waals surface area contributed by atoms with Crippen LogP contribution in [0, 0.1) is 0 Å². The molecule has 0 amide bonds. The SMILES string of the molecule is CC(C)(C)c1ccccc1[N+]1(OCc2ccccc2)CCCCC1. The third kappa shape index (κ3) is 3.71. The van der Waals surface area contributed by atoms with Gasteiger partial charge in [-0.25, -0.2) is 0 Å². The Bertz CT molecular complexity index is 651. The Morgan fingerprint density at radius 3 is 2.12 bits per heavy atom. The van der Waals surface area contributed by atoms with Crippen molar-refractivity contribution in [2.24, 2.45) is 0 Å². The molecule has 2 heteroatoms. The van der Waals surface area contributed by atoms with Crippen molar-refractivity contribution in [1.29, 1.82) is 0 Å². The van der Waals surface area contributed by atoms with Gasteiger partial charge in [0.2, 0.25) is 0 Å². The minimum atomic E-state index is 0.120. The molecule has 0 saturated carbocycles. The van der Waals surface area contributed by atoms with Crippen LogP contribution in [-0.2, 0) is 16.9 Å². The van der Waals surface area contributed by atoms with Crippen molar-refractivity contribution in [3.05, 3.63) is 65.7 Å². The van der Waals surface area contributed by atoms with Gasteiger partial charge in [0.05, 0.1) is 0 Å². The van der Waals surface area contributed by atoms with Gasteiger partial charge in [0.25, 0.3) is 0 Å². The van der Waals surface area contributed by atoms with Crippen LogP contribution in [0.1, 0.15) is 51.2 Å². The molecule has 1 aliphatic rings. The zero-order chi connectivity index (χ0) is 17.0. The molecule has 0 radical (unpaired) electrons. The van der Waals surface area contributed by atoms with Gasteiger partial charge in [-0.05, 0) is 17.4 Å². The number of para-hydroxylation sites is 1. The fraction of sp³-hybridized carbons (Fsp3) is 0.455. The molecule has 0 unspecified atom stereocenters. The van der Waals surface area contributed by atoms with Crippen molar-refractivity contribution in [3.63, 3.8) is 0 Å². The molecule has 128 valence electrons. The second-order valence-corrected chi connectivity index (χ2v) is 7.92. The summed E-state index contributed by atoms with van der Waals surface area (Å²) < 4.78 is 0.669. The largest absolute Gasteiger partial charge is 0.193 e. The van der Waals surface area contributed by atoms with Gasteiger partial charge >= 0.3 is 0 Å². The lowest BCUT2D eigenvalue weighted by atomic mass is 9.85. The monoisotopic (exact) mass is 324 g/mol. The third-order valence-electron chi connectivity index (χ3n) is 5.01. The van der Waals surface area contributed by atoms with E-state index in [0.717, 1.165) is 13.1 Å². The van der Waals surface area contributed by atoms with Gasteiger partial charge < -0.3 is 0 Å². The van der Waals surface area contributed by atoms with E-state index in [9.17, 15) is 0 Å². The van der Waals surface area contributed by atoms with Gasteiger partial charge in [-0.1, -0.05) is 69.3 Å². The Balaban J connectivity index is 1.95.